The third-order valence-corrected chi connectivity index (χ3v) is 4.16. The van der Waals surface area contributed by atoms with E-state index in [2.05, 4.69) is 22.0 Å². The van der Waals surface area contributed by atoms with E-state index >= 15 is 0 Å². The smallest absolute Gasteiger partial charge is 0.269 e. The number of rotatable bonds is 4. The molecule has 2 aromatic carbocycles. The van der Waals surface area contributed by atoms with E-state index in [1.165, 1.54) is 12.1 Å². The number of benzene rings is 2. The van der Waals surface area contributed by atoms with Crippen LogP contribution in [0.5, 0.6) is 0 Å². The molecular weight excluding hydrogens is 382 g/mol. The molecule has 3 aromatic rings. The molecule has 0 aliphatic carbocycles. The van der Waals surface area contributed by atoms with Gasteiger partial charge in [-0.25, -0.2) is 0 Å². The lowest BCUT2D eigenvalue weighted by molar-refractivity contribution is -0.384. The van der Waals surface area contributed by atoms with Crippen molar-refractivity contribution in [3.05, 3.63) is 92.7 Å². The van der Waals surface area contributed by atoms with Crippen molar-refractivity contribution in [2.75, 3.05) is 0 Å². The van der Waals surface area contributed by atoms with Crippen LogP contribution in [0.25, 0.3) is 17.3 Å². The van der Waals surface area contributed by atoms with E-state index in [-0.39, 0.29) is 5.69 Å². The summed E-state index contributed by atoms with van der Waals surface area (Å²) in [6, 6.07) is 19.8. The highest BCUT2D eigenvalue weighted by molar-refractivity contribution is 9.10. The van der Waals surface area contributed by atoms with Gasteiger partial charge in [0.15, 0.2) is 0 Å². The van der Waals surface area contributed by atoms with Gasteiger partial charge in [0.25, 0.3) is 5.69 Å². The van der Waals surface area contributed by atoms with Crippen molar-refractivity contribution >= 4 is 33.3 Å². The first kappa shape index (κ1) is 16.7. The molecule has 6 heteroatoms. The van der Waals surface area contributed by atoms with Crippen molar-refractivity contribution in [1.29, 1.82) is 5.26 Å². The minimum atomic E-state index is -0.460. The number of nitro groups is 1. The van der Waals surface area contributed by atoms with E-state index in [4.69, 9.17) is 0 Å². The fourth-order valence-corrected chi connectivity index (χ4v) is 2.85. The van der Waals surface area contributed by atoms with Crippen LogP contribution in [-0.2, 0) is 0 Å². The van der Waals surface area contributed by atoms with Gasteiger partial charge in [-0.1, -0.05) is 22.0 Å². The lowest BCUT2D eigenvalue weighted by atomic mass is 10.1. The van der Waals surface area contributed by atoms with E-state index in [1.807, 2.05) is 47.2 Å². The van der Waals surface area contributed by atoms with Crippen LogP contribution in [0.2, 0.25) is 0 Å². The third-order valence-electron chi connectivity index (χ3n) is 3.67. The number of hydrogen-bond donors (Lipinski definition) is 0. The standard InChI is InChI=1S/C19H12BrN3O2/c20-16-3-1-4-19(12-16)22-10-2-5-18(22)11-15(13-21)14-6-8-17(9-7-14)23(24)25/h1-12H/b15-11-. The summed E-state index contributed by atoms with van der Waals surface area (Å²) in [4.78, 5) is 10.3. The molecule has 0 unspecified atom stereocenters. The number of allylic oxidation sites excluding steroid dienone is 1. The van der Waals surface area contributed by atoms with Crippen LogP contribution >= 0.6 is 15.9 Å². The van der Waals surface area contributed by atoms with Crippen molar-refractivity contribution in [2.45, 2.75) is 0 Å². The zero-order valence-electron chi connectivity index (χ0n) is 13.0. The van der Waals surface area contributed by atoms with Crippen molar-refractivity contribution in [1.82, 2.24) is 4.57 Å². The minimum absolute atomic E-state index is 0.00134. The molecule has 0 N–H and O–H groups in total. The van der Waals surface area contributed by atoms with Gasteiger partial charge in [0.2, 0.25) is 0 Å². The summed E-state index contributed by atoms with van der Waals surface area (Å²) in [7, 11) is 0. The Morgan fingerprint density at radius 1 is 1.16 bits per heavy atom. The largest absolute Gasteiger partial charge is 0.317 e. The maximum absolute atomic E-state index is 10.8. The lowest BCUT2D eigenvalue weighted by Gasteiger charge is -2.08. The minimum Gasteiger partial charge on any atom is -0.317 e. The van der Waals surface area contributed by atoms with Crippen LogP contribution in [0.1, 0.15) is 11.3 Å². The van der Waals surface area contributed by atoms with E-state index in [0.717, 1.165) is 15.9 Å². The number of nitriles is 1. The van der Waals surface area contributed by atoms with Crippen LogP contribution in [0.3, 0.4) is 0 Å². The SMILES string of the molecule is N#C/C(=C/c1cccn1-c1cccc(Br)c1)c1ccc([N+](=O)[O-])cc1. The molecule has 0 aliphatic rings. The molecule has 0 radical (unpaired) electrons. The first-order valence-corrected chi connectivity index (χ1v) is 8.18. The average molecular weight is 394 g/mol. The quantitative estimate of drug-likeness (QED) is 0.346. The van der Waals surface area contributed by atoms with Gasteiger partial charge in [0.1, 0.15) is 0 Å². The second-order valence-corrected chi connectivity index (χ2v) is 6.17. The molecule has 0 saturated carbocycles. The molecule has 0 fully saturated rings. The molecule has 0 aliphatic heterocycles. The molecule has 25 heavy (non-hydrogen) atoms. The third kappa shape index (κ3) is 3.67. The molecule has 0 saturated heterocycles. The number of halogens is 1. The number of nitro benzene ring substituents is 1. The summed E-state index contributed by atoms with van der Waals surface area (Å²) in [5, 5.41) is 20.2. The van der Waals surface area contributed by atoms with Crippen molar-refractivity contribution in [2.24, 2.45) is 0 Å². The van der Waals surface area contributed by atoms with Gasteiger partial charge in [-0.15, -0.1) is 0 Å². The van der Waals surface area contributed by atoms with Gasteiger partial charge >= 0.3 is 0 Å². The van der Waals surface area contributed by atoms with Crippen LogP contribution in [-0.4, -0.2) is 9.49 Å². The van der Waals surface area contributed by atoms with Crippen molar-refractivity contribution in [3.63, 3.8) is 0 Å². The molecular formula is C19H12BrN3O2. The second kappa shape index (κ2) is 7.16. The second-order valence-electron chi connectivity index (χ2n) is 5.26. The molecule has 1 heterocycles. The van der Waals surface area contributed by atoms with E-state index in [1.54, 1.807) is 18.2 Å². The van der Waals surface area contributed by atoms with Gasteiger partial charge < -0.3 is 4.57 Å². The summed E-state index contributed by atoms with van der Waals surface area (Å²) in [6.07, 6.45) is 3.68. The first-order valence-electron chi connectivity index (χ1n) is 7.38. The van der Waals surface area contributed by atoms with Gasteiger partial charge in [0, 0.05) is 34.2 Å². The average Bonchev–Trinajstić information content (AvgIpc) is 3.08. The van der Waals surface area contributed by atoms with Gasteiger partial charge in [0.05, 0.1) is 16.6 Å². The van der Waals surface area contributed by atoms with Gasteiger partial charge in [-0.05, 0) is 54.1 Å². The van der Waals surface area contributed by atoms with E-state index < -0.39 is 4.92 Å². The maximum atomic E-state index is 10.8. The molecule has 5 nitrogen and oxygen atoms in total. The summed E-state index contributed by atoms with van der Waals surface area (Å²) >= 11 is 3.46. The Hall–Kier alpha value is -3.17. The zero-order valence-corrected chi connectivity index (χ0v) is 14.6. The number of non-ortho nitro benzene ring substituents is 1. The topological polar surface area (TPSA) is 71.9 Å². The molecule has 0 spiro atoms. The highest BCUT2D eigenvalue weighted by Gasteiger charge is 2.08. The Labute approximate surface area is 152 Å². The number of nitrogens with zero attached hydrogens (tertiary/aromatic N) is 3. The van der Waals surface area contributed by atoms with E-state index in [0.29, 0.717) is 11.1 Å². The summed E-state index contributed by atoms with van der Waals surface area (Å²) in [5.41, 5.74) is 2.87. The summed E-state index contributed by atoms with van der Waals surface area (Å²) < 4.78 is 2.93. The molecule has 3 rings (SSSR count). The molecule has 122 valence electrons. The fraction of sp³-hybridized carbons (Fsp3) is 0. The number of hydrogen-bond acceptors (Lipinski definition) is 3. The Morgan fingerprint density at radius 3 is 2.56 bits per heavy atom. The molecule has 1 aromatic heterocycles. The molecule has 0 bridgehead atoms. The zero-order chi connectivity index (χ0) is 17.8. The summed E-state index contributed by atoms with van der Waals surface area (Å²) in [6.45, 7) is 0. The highest BCUT2D eigenvalue weighted by Crippen LogP contribution is 2.23. The van der Waals surface area contributed by atoms with Crippen LogP contribution in [0.4, 0.5) is 5.69 Å². The van der Waals surface area contributed by atoms with Crippen LogP contribution in [0, 0.1) is 21.4 Å². The van der Waals surface area contributed by atoms with Gasteiger partial charge in [-0.2, -0.15) is 5.26 Å². The molecule has 0 amide bonds. The van der Waals surface area contributed by atoms with Crippen LogP contribution < -0.4 is 0 Å². The highest BCUT2D eigenvalue weighted by atomic mass is 79.9. The van der Waals surface area contributed by atoms with Crippen molar-refractivity contribution < 1.29 is 4.92 Å². The monoisotopic (exact) mass is 393 g/mol. The predicted octanol–water partition coefficient (Wildman–Crippen LogP) is 5.21. The summed E-state index contributed by atoms with van der Waals surface area (Å²) in [5.74, 6) is 0. The van der Waals surface area contributed by atoms with Crippen LogP contribution in [0.15, 0.2) is 71.3 Å². The normalized spacial score (nSPS) is 11.1. The Kier molecular flexibility index (Phi) is 4.78. The predicted molar refractivity (Wildman–Crippen MR) is 100 cm³/mol. The Bertz CT molecular complexity index is 998. The number of aromatic nitrogens is 1. The maximum Gasteiger partial charge on any atom is 0.269 e. The fourth-order valence-electron chi connectivity index (χ4n) is 2.46. The Morgan fingerprint density at radius 2 is 1.92 bits per heavy atom. The lowest BCUT2D eigenvalue weighted by Crippen LogP contribution is -1.95. The Balaban J connectivity index is 2.00. The van der Waals surface area contributed by atoms with Gasteiger partial charge in [-0.3, -0.25) is 10.1 Å². The molecule has 0 atom stereocenters. The first-order chi connectivity index (χ1) is 12.1. The van der Waals surface area contributed by atoms with Crippen molar-refractivity contribution in [3.8, 4) is 11.8 Å². The van der Waals surface area contributed by atoms with E-state index in [9.17, 15) is 15.4 Å².